The van der Waals surface area contributed by atoms with Crippen LogP contribution in [0.1, 0.15) is 30.2 Å². The first-order valence-corrected chi connectivity index (χ1v) is 6.87. The first-order chi connectivity index (χ1) is 9.58. The van der Waals surface area contributed by atoms with E-state index in [4.69, 9.17) is 11.6 Å². The fourth-order valence-electron chi connectivity index (χ4n) is 2.04. The topological polar surface area (TPSA) is 32.3 Å². The zero-order chi connectivity index (χ0) is 14.5. The lowest BCUT2D eigenvalue weighted by molar-refractivity contribution is 0.171. The summed E-state index contributed by atoms with van der Waals surface area (Å²) in [4.78, 5) is 0. The zero-order valence-electron chi connectivity index (χ0n) is 11.2. The standard InChI is InChI=1S/C16H17ClFNO/c1-11(14-8-7-13(18)9-15(14)17)19-10-16(20)12-5-3-2-4-6-12/h2-9,11,16,19-20H,10H2,1H3. The first kappa shape index (κ1) is 15.0. The maximum Gasteiger partial charge on any atom is 0.124 e. The Hall–Kier alpha value is -1.42. The van der Waals surface area contributed by atoms with Crippen LogP contribution in [-0.2, 0) is 0 Å². The average molecular weight is 294 g/mol. The van der Waals surface area contributed by atoms with Gasteiger partial charge in [-0.15, -0.1) is 0 Å². The molecule has 2 nitrogen and oxygen atoms in total. The van der Waals surface area contributed by atoms with E-state index in [1.807, 2.05) is 37.3 Å². The summed E-state index contributed by atoms with van der Waals surface area (Å²) >= 11 is 6.01. The predicted octanol–water partition coefficient (Wildman–Crippen LogP) is 3.86. The monoisotopic (exact) mass is 293 g/mol. The molecule has 2 aromatic rings. The highest BCUT2D eigenvalue weighted by molar-refractivity contribution is 6.31. The lowest BCUT2D eigenvalue weighted by atomic mass is 10.1. The van der Waals surface area contributed by atoms with Crippen LogP contribution in [0.2, 0.25) is 5.02 Å². The number of rotatable bonds is 5. The number of hydrogen-bond acceptors (Lipinski definition) is 2. The third kappa shape index (κ3) is 3.79. The van der Waals surface area contributed by atoms with E-state index in [0.717, 1.165) is 11.1 Å². The third-order valence-corrected chi connectivity index (χ3v) is 3.56. The van der Waals surface area contributed by atoms with Crippen molar-refractivity contribution in [3.8, 4) is 0 Å². The molecule has 2 N–H and O–H groups in total. The molecule has 4 heteroatoms. The van der Waals surface area contributed by atoms with Crippen molar-refractivity contribution < 1.29 is 9.50 Å². The second-order valence-electron chi connectivity index (χ2n) is 4.72. The van der Waals surface area contributed by atoms with Crippen molar-refractivity contribution in [1.29, 1.82) is 0 Å². The van der Waals surface area contributed by atoms with Crippen LogP contribution in [0.4, 0.5) is 4.39 Å². The Morgan fingerprint density at radius 3 is 2.55 bits per heavy atom. The minimum Gasteiger partial charge on any atom is -0.387 e. The van der Waals surface area contributed by atoms with E-state index in [-0.39, 0.29) is 11.9 Å². The molecule has 2 atom stereocenters. The van der Waals surface area contributed by atoms with Gasteiger partial charge in [-0.3, -0.25) is 0 Å². The van der Waals surface area contributed by atoms with Crippen molar-refractivity contribution in [2.75, 3.05) is 6.54 Å². The van der Waals surface area contributed by atoms with Crippen molar-refractivity contribution in [3.63, 3.8) is 0 Å². The quantitative estimate of drug-likeness (QED) is 0.877. The molecule has 0 aliphatic carbocycles. The minimum absolute atomic E-state index is 0.0681. The van der Waals surface area contributed by atoms with Crippen molar-refractivity contribution in [3.05, 3.63) is 70.5 Å². The SMILES string of the molecule is CC(NCC(O)c1ccccc1)c1ccc(F)cc1Cl. The van der Waals surface area contributed by atoms with Gasteiger partial charge in [-0.2, -0.15) is 0 Å². The molecule has 0 radical (unpaired) electrons. The molecule has 2 aromatic carbocycles. The third-order valence-electron chi connectivity index (χ3n) is 3.23. The molecule has 106 valence electrons. The summed E-state index contributed by atoms with van der Waals surface area (Å²) in [7, 11) is 0. The molecule has 0 aliphatic rings. The molecular formula is C16H17ClFNO. The smallest absolute Gasteiger partial charge is 0.124 e. The summed E-state index contributed by atoms with van der Waals surface area (Å²) in [6.45, 7) is 2.33. The largest absolute Gasteiger partial charge is 0.387 e. The van der Waals surface area contributed by atoms with Gasteiger partial charge < -0.3 is 10.4 Å². The van der Waals surface area contributed by atoms with E-state index < -0.39 is 6.10 Å². The zero-order valence-corrected chi connectivity index (χ0v) is 11.9. The van der Waals surface area contributed by atoms with Gasteiger partial charge in [0, 0.05) is 17.6 Å². The molecule has 0 heterocycles. The lowest BCUT2D eigenvalue weighted by Crippen LogP contribution is -2.24. The second kappa shape index (κ2) is 6.84. The normalized spacial score (nSPS) is 14.0. The van der Waals surface area contributed by atoms with Crippen LogP contribution < -0.4 is 5.32 Å². The molecule has 2 rings (SSSR count). The Morgan fingerprint density at radius 1 is 1.20 bits per heavy atom. The van der Waals surface area contributed by atoms with Gasteiger partial charge >= 0.3 is 0 Å². The Balaban J connectivity index is 1.96. The molecule has 0 fully saturated rings. The van der Waals surface area contributed by atoms with E-state index in [1.165, 1.54) is 12.1 Å². The Labute approximate surface area is 123 Å². The number of hydrogen-bond donors (Lipinski definition) is 2. The van der Waals surface area contributed by atoms with Crippen LogP contribution in [0.25, 0.3) is 0 Å². The van der Waals surface area contributed by atoms with Gasteiger partial charge in [-0.05, 0) is 30.2 Å². The predicted molar refractivity (Wildman–Crippen MR) is 79.2 cm³/mol. The minimum atomic E-state index is -0.585. The maximum absolute atomic E-state index is 13.0. The molecule has 0 saturated heterocycles. The van der Waals surface area contributed by atoms with Crippen molar-refractivity contribution >= 4 is 11.6 Å². The van der Waals surface area contributed by atoms with Gasteiger partial charge in [0.25, 0.3) is 0 Å². The number of aliphatic hydroxyl groups excluding tert-OH is 1. The first-order valence-electron chi connectivity index (χ1n) is 6.49. The van der Waals surface area contributed by atoms with E-state index >= 15 is 0 Å². The average Bonchev–Trinajstić information content (AvgIpc) is 2.45. The van der Waals surface area contributed by atoms with Crippen LogP contribution in [0, 0.1) is 5.82 Å². The lowest BCUT2D eigenvalue weighted by Gasteiger charge is -2.18. The highest BCUT2D eigenvalue weighted by atomic mass is 35.5. The van der Waals surface area contributed by atoms with Gasteiger partial charge in [0.05, 0.1) is 6.10 Å². The Bertz CT molecular complexity index is 562. The van der Waals surface area contributed by atoms with Crippen molar-refractivity contribution in [1.82, 2.24) is 5.32 Å². The fourth-order valence-corrected chi connectivity index (χ4v) is 2.37. The van der Waals surface area contributed by atoms with Crippen LogP contribution in [0.5, 0.6) is 0 Å². The van der Waals surface area contributed by atoms with Crippen LogP contribution in [0.3, 0.4) is 0 Å². The van der Waals surface area contributed by atoms with Crippen LogP contribution in [0.15, 0.2) is 48.5 Å². The van der Waals surface area contributed by atoms with Crippen molar-refractivity contribution in [2.24, 2.45) is 0 Å². The van der Waals surface area contributed by atoms with Crippen molar-refractivity contribution in [2.45, 2.75) is 19.1 Å². The van der Waals surface area contributed by atoms with Gasteiger partial charge in [0.1, 0.15) is 5.82 Å². The number of halogens is 2. The Kier molecular flexibility index (Phi) is 5.12. The van der Waals surface area contributed by atoms with E-state index in [2.05, 4.69) is 5.32 Å². The number of nitrogens with one attached hydrogen (secondary N) is 1. The molecule has 20 heavy (non-hydrogen) atoms. The molecule has 0 aliphatic heterocycles. The van der Waals surface area contributed by atoms with E-state index in [9.17, 15) is 9.50 Å². The van der Waals surface area contributed by atoms with E-state index in [0.29, 0.717) is 11.6 Å². The number of benzene rings is 2. The van der Waals surface area contributed by atoms with E-state index in [1.54, 1.807) is 6.07 Å². The molecule has 0 aromatic heterocycles. The van der Waals surface area contributed by atoms with Gasteiger partial charge in [0.2, 0.25) is 0 Å². The molecule has 2 unspecified atom stereocenters. The summed E-state index contributed by atoms with van der Waals surface area (Å²) in [6, 6.07) is 13.7. The van der Waals surface area contributed by atoms with Gasteiger partial charge in [0.15, 0.2) is 0 Å². The highest BCUT2D eigenvalue weighted by Crippen LogP contribution is 2.24. The van der Waals surface area contributed by atoms with Gasteiger partial charge in [-0.1, -0.05) is 48.0 Å². The molecular weight excluding hydrogens is 277 g/mol. The van der Waals surface area contributed by atoms with Crippen LogP contribution >= 0.6 is 11.6 Å². The summed E-state index contributed by atoms with van der Waals surface area (Å²) in [6.07, 6.45) is -0.585. The molecule has 0 amide bonds. The molecule has 0 saturated carbocycles. The molecule has 0 spiro atoms. The highest BCUT2D eigenvalue weighted by Gasteiger charge is 2.13. The Morgan fingerprint density at radius 2 is 1.90 bits per heavy atom. The summed E-state index contributed by atoms with van der Waals surface area (Å²) in [5, 5.41) is 13.7. The fraction of sp³-hybridized carbons (Fsp3) is 0.250. The maximum atomic E-state index is 13.0. The van der Waals surface area contributed by atoms with Crippen LogP contribution in [-0.4, -0.2) is 11.7 Å². The van der Waals surface area contributed by atoms with Gasteiger partial charge in [-0.25, -0.2) is 4.39 Å². The summed E-state index contributed by atoms with van der Waals surface area (Å²) in [5.74, 6) is -0.352. The molecule has 0 bridgehead atoms. The summed E-state index contributed by atoms with van der Waals surface area (Å²) < 4.78 is 13.0. The summed E-state index contributed by atoms with van der Waals surface area (Å²) in [5.41, 5.74) is 1.67. The number of aliphatic hydroxyl groups is 1. The second-order valence-corrected chi connectivity index (χ2v) is 5.13.